The van der Waals surface area contributed by atoms with Crippen molar-refractivity contribution in [3.05, 3.63) is 29.8 Å². The lowest BCUT2D eigenvalue weighted by Crippen LogP contribution is -2.28. The molecule has 0 aliphatic carbocycles. The van der Waals surface area contributed by atoms with Crippen molar-refractivity contribution >= 4 is 23.5 Å². The number of hydrogen-bond donors (Lipinski definition) is 2. The normalized spacial score (nSPS) is 9.81. The summed E-state index contributed by atoms with van der Waals surface area (Å²) in [5.74, 6) is -1.11. The van der Waals surface area contributed by atoms with Crippen LogP contribution in [0.2, 0.25) is 0 Å². The van der Waals surface area contributed by atoms with Crippen molar-refractivity contribution < 1.29 is 19.1 Å². The molecule has 0 aromatic heterocycles. The third kappa shape index (κ3) is 6.07. The molecule has 0 bridgehead atoms. The van der Waals surface area contributed by atoms with Crippen LogP contribution in [0.5, 0.6) is 0 Å². The van der Waals surface area contributed by atoms with E-state index in [1.165, 1.54) is 0 Å². The average Bonchev–Trinajstić information content (AvgIpc) is 2.46. The molecule has 0 atom stereocenters. The van der Waals surface area contributed by atoms with Crippen LogP contribution in [-0.2, 0) is 14.3 Å². The van der Waals surface area contributed by atoms with Gasteiger partial charge in [-0.3, -0.25) is 9.59 Å². The number of benzene rings is 1. The fourth-order valence-electron chi connectivity index (χ4n) is 1.58. The first kappa shape index (κ1) is 16.7. The van der Waals surface area contributed by atoms with Crippen molar-refractivity contribution in [2.75, 3.05) is 18.5 Å². The zero-order valence-corrected chi connectivity index (χ0v) is 12.3. The van der Waals surface area contributed by atoms with Crippen molar-refractivity contribution in [2.45, 2.75) is 26.7 Å². The van der Waals surface area contributed by atoms with E-state index in [9.17, 15) is 14.4 Å². The van der Waals surface area contributed by atoms with E-state index in [0.717, 1.165) is 6.42 Å². The molecular weight excluding hydrogens is 272 g/mol. The Morgan fingerprint density at radius 1 is 1.05 bits per heavy atom. The molecule has 0 saturated carbocycles. The van der Waals surface area contributed by atoms with E-state index >= 15 is 0 Å². The number of anilines is 1. The van der Waals surface area contributed by atoms with Crippen LogP contribution in [0.15, 0.2) is 24.3 Å². The van der Waals surface area contributed by atoms with Crippen molar-refractivity contribution in [3.8, 4) is 0 Å². The van der Waals surface area contributed by atoms with E-state index in [-0.39, 0.29) is 12.3 Å². The minimum atomic E-state index is -0.408. The minimum absolute atomic E-state index is 0.223. The molecule has 1 aromatic carbocycles. The molecule has 1 rings (SSSR count). The van der Waals surface area contributed by atoms with Gasteiger partial charge in [-0.25, -0.2) is 4.79 Å². The number of amides is 2. The Kier molecular flexibility index (Phi) is 6.94. The van der Waals surface area contributed by atoms with E-state index in [1.54, 1.807) is 31.2 Å². The second-order valence-corrected chi connectivity index (χ2v) is 4.37. The lowest BCUT2D eigenvalue weighted by molar-refractivity contribution is -0.126. The van der Waals surface area contributed by atoms with Gasteiger partial charge in [0.25, 0.3) is 0 Å². The van der Waals surface area contributed by atoms with Crippen molar-refractivity contribution in [1.29, 1.82) is 0 Å². The Morgan fingerprint density at radius 3 is 2.29 bits per heavy atom. The van der Waals surface area contributed by atoms with Crippen LogP contribution < -0.4 is 10.6 Å². The molecule has 6 heteroatoms. The molecule has 0 radical (unpaired) electrons. The Bertz CT molecular complexity index is 497. The molecular formula is C15H20N2O4. The third-order valence-electron chi connectivity index (χ3n) is 2.57. The van der Waals surface area contributed by atoms with Gasteiger partial charge in [0.05, 0.1) is 12.2 Å². The molecule has 2 amide bonds. The maximum atomic E-state index is 11.6. The molecule has 114 valence electrons. The van der Waals surface area contributed by atoms with Crippen molar-refractivity contribution in [1.82, 2.24) is 5.32 Å². The molecule has 0 aliphatic rings. The fourth-order valence-corrected chi connectivity index (χ4v) is 1.58. The number of ether oxygens (including phenoxy) is 1. The molecule has 21 heavy (non-hydrogen) atoms. The van der Waals surface area contributed by atoms with Gasteiger partial charge in [0.15, 0.2) is 0 Å². The third-order valence-corrected chi connectivity index (χ3v) is 2.57. The molecule has 6 nitrogen and oxygen atoms in total. The Morgan fingerprint density at radius 2 is 1.71 bits per heavy atom. The first-order chi connectivity index (χ1) is 10.1. The van der Waals surface area contributed by atoms with Gasteiger partial charge in [-0.1, -0.05) is 6.92 Å². The number of hydrogen-bond acceptors (Lipinski definition) is 4. The van der Waals surface area contributed by atoms with Gasteiger partial charge in [-0.05, 0) is 37.6 Å². The predicted octanol–water partition coefficient (Wildman–Crippen LogP) is 1.72. The highest BCUT2D eigenvalue weighted by molar-refractivity contribution is 6.03. The zero-order valence-electron chi connectivity index (χ0n) is 12.3. The number of nitrogens with one attached hydrogen (secondary N) is 2. The Balaban J connectivity index is 2.49. The van der Waals surface area contributed by atoms with Crippen LogP contribution >= 0.6 is 0 Å². The van der Waals surface area contributed by atoms with Crippen LogP contribution in [0.1, 0.15) is 37.0 Å². The first-order valence-electron chi connectivity index (χ1n) is 6.90. The second-order valence-electron chi connectivity index (χ2n) is 4.37. The molecule has 0 unspecified atom stereocenters. The molecule has 0 fully saturated rings. The van der Waals surface area contributed by atoms with Gasteiger partial charge >= 0.3 is 5.97 Å². The lowest BCUT2D eigenvalue weighted by Gasteiger charge is -2.07. The number of carbonyl (C=O) groups excluding carboxylic acids is 3. The van der Waals surface area contributed by atoms with E-state index in [1.807, 2.05) is 6.92 Å². The summed E-state index contributed by atoms with van der Waals surface area (Å²) >= 11 is 0. The van der Waals surface area contributed by atoms with Gasteiger partial charge in [-0.2, -0.15) is 0 Å². The quantitative estimate of drug-likeness (QED) is 0.592. The summed E-state index contributed by atoms with van der Waals surface area (Å²) in [5, 5.41) is 5.22. The topological polar surface area (TPSA) is 84.5 Å². The number of rotatable bonds is 7. The van der Waals surface area contributed by atoms with Crippen LogP contribution in [-0.4, -0.2) is 30.9 Å². The van der Waals surface area contributed by atoms with Gasteiger partial charge < -0.3 is 15.4 Å². The summed E-state index contributed by atoms with van der Waals surface area (Å²) in [5.41, 5.74) is 0.937. The highest BCUT2D eigenvalue weighted by atomic mass is 16.5. The molecule has 1 aromatic rings. The largest absolute Gasteiger partial charge is 0.462 e. The summed E-state index contributed by atoms with van der Waals surface area (Å²) in [6.45, 7) is 4.53. The number of carbonyl (C=O) groups is 3. The summed E-state index contributed by atoms with van der Waals surface area (Å²) in [7, 11) is 0. The van der Waals surface area contributed by atoms with Crippen LogP contribution in [0.4, 0.5) is 5.69 Å². The maximum Gasteiger partial charge on any atom is 0.338 e. The highest BCUT2D eigenvalue weighted by Gasteiger charge is 2.10. The van der Waals surface area contributed by atoms with E-state index < -0.39 is 11.9 Å². The van der Waals surface area contributed by atoms with Gasteiger partial charge in [0, 0.05) is 12.2 Å². The molecule has 0 aliphatic heterocycles. The van der Waals surface area contributed by atoms with Crippen LogP contribution in [0, 0.1) is 0 Å². The summed E-state index contributed by atoms with van der Waals surface area (Å²) in [6.07, 6.45) is 0.600. The summed E-state index contributed by atoms with van der Waals surface area (Å²) < 4.78 is 4.86. The SMILES string of the molecule is CCCNC(=O)CC(=O)Nc1ccc(C(=O)OCC)cc1. The Hall–Kier alpha value is -2.37. The standard InChI is InChI=1S/C15H20N2O4/c1-3-9-16-13(18)10-14(19)17-12-7-5-11(6-8-12)15(20)21-4-2/h5-8H,3-4,9-10H2,1-2H3,(H,16,18)(H,17,19). The van der Waals surface area contributed by atoms with Gasteiger partial charge in [0.1, 0.15) is 6.42 Å². The maximum absolute atomic E-state index is 11.6. The van der Waals surface area contributed by atoms with E-state index in [2.05, 4.69) is 10.6 Å². The smallest absolute Gasteiger partial charge is 0.338 e. The molecule has 0 heterocycles. The summed E-state index contributed by atoms with van der Waals surface area (Å²) in [4.78, 5) is 34.5. The molecule has 0 saturated heterocycles. The predicted molar refractivity (Wildman–Crippen MR) is 78.9 cm³/mol. The van der Waals surface area contributed by atoms with Crippen LogP contribution in [0.3, 0.4) is 0 Å². The Labute approximate surface area is 123 Å². The average molecular weight is 292 g/mol. The van der Waals surface area contributed by atoms with Crippen LogP contribution in [0.25, 0.3) is 0 Å². The van der Waals surface area contributed by atoms with E-state index in [4.69, 9.17) is 4.74 Å². The second kappa shape index (κ2) is 8.73. The molecule has 2 N–H and O–H groups in total. The van der Waals surface area contributed by atoms with Crippen molar-refractivity contribution in [2.24, 2.45) is 0 Å². The fraction of sp³-hybridized carbons (Fsp3) is 0.400. The lowest BCUT2D eigenvalue weighted by atomic mass is 10.2. The highest BCUT2D eigenvalue weighted by Crippen LogP contribution is 2.11. The van der Waals surface area contributed by atoms with Gasteiger partial charge in [-0.15, -0.1) is 0 Å². The number of esters is 1. The zero-order chi connectivity index (χ0) is 15.7. The van der Waals surface area contributed by atoms with Gasteiger partial charge in [0.2, 0.25) is 11.8 Å². The summed E-state index contributed by atoms with van der Waals surface area (Å²) in [6, 6.07) is 6.30. The molecule has 0 spiro atoms. The first-order valence-corrected chi connectivity index (χ1v) is 6.90. The monoisotopic (exact) mass is 292 g/mol. The van der Waals surface area contributed by atoms with E-state index in [0.29, 0.717) is 24.4 Å². The van der Waals surface area contributed by atoms with Crippen molar-refractivity contribution in [3.63, 3.8) is 0 Å². The minimum Gasteiger partial charge on any atom is -0.462 e.